The Labute approximate surface area is 227 Å². The van der Waals surface area contributed by atoms with Crippen LogP contribution in [0.15, 0.2) is 48.9 Å². The number of ether oxygens (including phenoxy) is 2. The fourth-order valence-electron chi connectivity index (χ4n) is 5.31. The van der Waals surface area contributed by atoms with E-state index in [1.54, 1.807) is 20.3 Å². The standard InChI is InChI=1S/C28H32ClN7O2/c1-37-24-18-25(38-2)22(29)17-21(24)23-19-36-11-7-20(16-27(36)31-23)33-12-14-34(15-13-33)26-6-8-30-28(32-26)35-9-4-3-5-10-35/h6-8,11,16-19H,3-5,9-10,12-15H2,1-2H3. The molecule has 0 saturated carbocycles. The summed E-state index contributed by atoms with van der Waals surface area (Å²) in [5, 5.41) is 0.519. The molecule has 3 aromatic heterocycles. The molecule has 0 amide bonds. The second-order valence-corrected chi connectivity index (χ2v) is 10.1. The number of hydrogen-bond donors (Lipinski definition) is 0. The first-order chi connectivity index (χ1) is 18.6. The molecule has 0 aliphatic carbocycles. The first-order valence-electron chi connectivity index (χ1n) is 13.1. The van der Waals surface area contributed by atoms with Crippen LogP contribution < -0.4 is 24.2 Å². The minimum Gasteiger partial charge on any atom is -0.496 e. The summed E-state index contributed by atoms with van der Waals surface area (Å²) in [6.45, 7) is 5.73. The Bertz CT molecular complexity index is 1430. The van der Waals surface area contributed by atoms with Gasteiger partial charge in [-0.15, -0.1) is 0 Å². The summed E-state index contributed by atoms with van der Waals surface area (Å²) in [5.74, 6) is 3.11. The van der Waals surface area contributed by atoms with Crippen molar-refractivity contribution >= 4 is 34.7 Å². The van der Waals surface area contributed by atoms with Gasteiger partial charge < -0.3 is 28.6 Å². The number of piperazine rings is 1. The van der Waals surface area contributed by atoms with Gasteiger partial charge in [-0.05, 0) is 37.5 Å². The minimum absolute atomic E-state index is 0.519. The number of hydrogen-bond acceptors (Lipinski definition) is 8. The molecule has 2 aliphatic rings. The molecule has 2 fully saturated rings. The Balaban J connectivity index is 1.17. The smallest absolute Gasteiger partial charge is 0.227 e. The SMILES string of the molecule is COc1cc(OC)c(-c2cn3ccc(N4CCN(c5ccnc(N6CCCCC6)n5)CC4)cc3n2)cc1Cl. The molecule has 0 spiro atoms. The van der Waals surface area contributed by atoms with Gasteiger partial charge >= 0.3 is 0 Å². The number of pyridine rings is 1. The van der Waals surface area contributed by atoms with Crippen LogP contribution in [0.3, 0.4) is 0 Å². The molecule has 0 atom stereocenters. The van der Waals surface area contributed by atoms with Crippen molar-refractivity contribution in [1.29, 1.82) is 0 Å². The third-order valence-corrected chi connectivity index (χ3v) is 7.72. The van der Waals surface area contributed by atoms with Crippen LogP contribution in [0, 0.1) is 0 Å². The number of piperidine rings is 1. The number of nitrogens with zero attached hydrogens (tertiary/aromatic N) is 7. The predicted molar refractivity (Wildman–Crippen MR) is 151 cm³/mol. The molecule has 10 heteroatoms. The number of halogens is 1. The van der Waals surface area contributed by atoms with Crippen molar-refractivity contribution in [2.24, 2.45) is 0 Å². The highest BCUT2D eigenvalue weighted by atomic mass is 35.5. The largest absolute Gasteiger partial charge is 0.496 e. The van der Waals surface area contributed by atoms with Crippen LogP contribution in [-0.4, -0.2) is 72.8 Å². The molecule has 0 bridgehead atoms. The maximum absolute atomic E-state index is 6.40. The average molecular weight is 534 g/mol. The molecule has 198 valence electrons. The van der Waals surface area contributed by atoms with Crippen LogP contribution in [0.5, 0.6) is 11.5 Å². The first-order valence-corrected chi connectivity index (χ1v) is 13.5. The summed E-state index contributed by atoms with van der Waals surface area (Å²) in [6, 6.07) is 9.94. The Hall–Kier alpha value is -3.72. The van der Waals surface area contributed by atoms with Crippen LogP contribution >= 0.6 is 11.6 Å². The van der Waals surface area contributed by atoms with Crippen molar-refractivity contribution in [1.82, 2.24) is 19.4 Å². The lowest BCUT2D eigenvalue weighted by atomic mass is 10.1. The van der Waals surface area contributed by atoms with E-state index in [0.717, 1.165) is 73.6 Å². The maximum Gasteiger partial charge on any atom is 0.227 e. The molecule has 0 unspecified atom stereocenters. The van der Waals surface area contributed by atoms with E-state index >= 15 is 0 Å². The number of fused-ring (bicyclic) bond motifs is 1. The van der Waals surface area contributed by atoms with Gasteiger partial charge in [0.05, 0.1) is 24.9 Å². The third-order valence-electron chi connectivity index (χ3n) is 7.43. The Morgan fingerprint density at radius 3 is 2.32 bits per heavy atom. The zero-order chi connectivity index (χ0) is 26.1. The fourth-order valence-corrected chi connectivity index (χ4v) is 5.55. The molecule has 2 aliphatic heterocycles. The first kappa shape index (κ1) is 24.6. The molecule has 0 N–H and O–H groups in total. The number of anilines is 3. The summed E-state index contributed by atoms with van der Waals surface area (Å²) in [7, 11) is 3.22. The Kier molecular flexibility index (Phi) is 6.84. The normalized spacial score (nSPS) is 16.2. The van der Waals surface area contributed by atoms with Crippen LogP contribution in [0.25, 0.3) is 16.9 Å². The lowest BCUT2D eigenvalue weighted by Crippen LogP contribution is -2.47. The molecule has 4 aromatic rings. The van der Waals surface area contributed by atoms with Gasteiger partial charge in [0.2, 0.25) is 5.95 Å². The number of rotatable bonds is 6. The average Bonchev–Trinajstić information content (AvgIpc) is 3.41. The van der Waals surface area contributed by atoms with E-state index in [4.69, 9.17) is 31.0 Å². The highest BCUT2D eigenvalue weighted by Crippen LogP contribution is 2.38. The Morgan fingerprint density at radius 2 is 1.55 bits per heavy atom. The summed E-state index contributed by atoms with van der Waals surface area (Å²) in [6.07, 6.45) is 9.68. The van der Waals surface area contributed by atoms with Crippen LogP contribution in [0.1, 0.15) is 19.3 Å². The molecular weight excluding hydrogens is 502 g/mol. The summed E-state index contributed by atoms with van der Waals surface area (Å²) in [4.78, 5) is 21.4. The van der Waals surface area contributed by atoms with Crippen molar-refractivity contribution in [3.8, 4) is 22.8 Å². The van der Waals surface area contributed by atoms with Gasteiger partial charge in [0.1, 0.15) is 23.0 Å². The van der Waals surface area contributed by atoms with Crippen molar-refractivity contribution < 1.29 is 9.47 Å². The van der Waals surface area contributed by atoms with Gasteiger partial charge in [0, 0.05) is 81.2 Å². The molecule has 6 rings (SSSR count). The number of aromatic nitrogens is 4. The van der Waals surface area contributed by atoms with Gasteiger partial charge in [0.15, 0.2) is 0 Å². The van der Waals surface area contributed by atoms with Crippen molar-refractivity contribution in [3.63, 3.8) is 0 Å². The summed E-state index contributed by atoms with van der Waals surface area (Å²) in [5.41, 5.74) is 3.65. The second kappa shape index (κ2) is 10.6. The highest BCUT2D eigenvalue weighted by Gasteiger charge is 2.21. The van der Waals surface area contributed by atoms with E-state index in [9.17, 15) is 0 Å². The van der Waals surface area contributed by atoms with Gasteiger partial charge in [-0.2, -0.15) is 4.98 Å². The predicted octanol–water partition coefficient (Wildman–Crippen LogP) is 4.78. The zero-order valence-electron chi connectivity index (χ0n) is 21.8. The number of imidazole rings is 1. The monoisotopic (exact) mass is 533 g/mol. The fraction of sp³-hybridized carbons (Fsp3) is 0.393. The summed E-state index contributed by atoms with van der Waals surface area (Å²) < 4.78 is 12.9. The van der Waals surface area contributed by atoms with Crippen molar-refractivity contribution in [3.05, 3.63) is 53.9 Å². The maximum atomic E-state index is 6.40. The molecule has 0 radical (unpaired) electrons. The van der Waals surface area contributed by atoms with E-state index in [0.29, 0.717) is 16.5 Å². The van der Waals surface area contributed by atoms with Crippen LogP contribution in [-0.2, 0) is 0 Å². The second-order valence-electron chi connectivity index (χ2n) is 9.70. The van der Waals surface area contributed by atoms with Crippen LogP contribution in [0.4, 0.5) is 17.5 Å². The molecule has 5 heterocycles. The minimum atomic E-state index is 0.519. The quantitative estimate of drug-likeness (QED) is 0.351. The third kappa shape index (κ3) is 4.78. The van der Waals surface area contributed by atoms with E-state index in [2.05, 4.69) is 38.0 Å². The Morgan fingerprint density at radius 1 is 0.789 bits per heavy atom. The molecular formula is C28H32ClN7O2. The van der Waals surface area contributed by atoms with Crippen molar-refractivity contribution in [2.75, 3.05) is 68.2 Å². The van der Waals surface area contributed by atoms with Crippen LogP contribution in [0.2, 0.25) is 5.02 Å². The lowest BCUT2D eigenvalue weighted by Gasteiger charge is -2.37. The molecule has 9 nitrogen and oxygen atoms in total. The van der Waals surface area contributed by atoms with Gasteiger partial charge in [-0.1, -0.05) is 11.6 Å². The van der Waals surface area contributed by atoms with E-state index in [1.165, 1.54) is 19.3 Å². The van der Waals surface area contributed by atoms with Gasteiger partial charge in [0.25, 0.3) is 0 Å². The van der Waals surface area contributed by atoms with Gasteiger partial charge in [-0.3, -0.25) is 0 Å². The topological polar surface area (TPSA) is 71.3 Å². The van der Waals surface area contributed by atoms with E-state index in [-0.39, 0.29) is 0 Å². The lowest BCUT2D eigenvalue weighted by molar-refractivity contribution is 0.395. The summed E-state index contributed by atoms with van der Waals surface area (Å²) >= 11 is 6.40. The molecule has 1 aromatic carbocycles. The number of benzene rings is 1. The highest BCUT2D eigenvalue weighted by molar-refractivity contribution is 6.32. The zero-order valence-corrected chi connectivity index (χ0v) is 22.6. The van der Waals surface area contributed by atoms with E-state index < -0.39 is 0 Å². The van der Waals surface area contributed by atoms with Crippen molar-refractivity contribution in [2.45, 2.75) is 19.3 Å². The number of methoxy groups -OCH3 is 2. The van der Waals surface area contributed by atoms with Gasteiger partial charge in [-0.25, -0.2) is 9.97 Å². The van der Waals surface area contributed by atoms with E-state index in [1.807, 2.05) is 28.9 Å². The molecule has 38 heavy (non-hydrogen) atoms. The molecule has 2 saturated heterocycles.